The highest BCUT2D eigenvalue weighted by molar-refractivity contribution is 7.88. The molecule has 0 radical (unpaired) electrons. The van der Waals surface area contributed by atoms with E-state index >= 15 is 0 Å². The number of alkyl halides is 3. The number of hydrogen-bond acceptors (Lipinski definition) is 9. The number of sulfonamides is 1. The van der Waals surface area contributed by atoms with Gasteiger partial charge < -0.3 is 25.0 Å². The van der Waals surface area contributed by atoms with Crippen molar-refractivity contribution in [1.29, 1.82) is 0 Å². The number of likely N-dealkylation sites (N-methyl/N-ethyl adjacent to an activating group) is 1. The van der Waals surface area contributed by atoms with Gasteiger partial charge in [0.2, 0.25) is 27.8 Å². The lowest BCUT2D eigenvalue weighted by Crippen LogP contribution is -2.38. The molecule has 1 fully saturated rings. The van der Waals surface area contributed by atoms with E-state index in [1.807, 2.05) is 7.05 Å². The Hall–Kier alpha value is -3.95. The second kappa shape index (κ2) is 12.8. The number of methoxy groups -OCH3 is 1. The molecule has 11 nitrogen and oxygen atoms in total. The van der Waals surface area contributed by atoms with E-state index in [-0.39, 0.29) is 24.2 Å². The Kier molecular flexibility index (Phi) is 9.23. The number of fused-ring (bicyclic) bond motifs is 1. The van der Waals surface area contributed by atoms with Gasteiger partial charge in [-0.15, -0.1) is 0 Å². The van der Waals surface area contributed by atoms with Gasteiger partial charge in [0.25, 0.3) is 0 Å². The van der Waals surface area contributed by atoms with Gasteiger partial charge >= 0.3 is 6.18 Å². The fourth-order valence-electron chi connectivity index (χ4n) is 5.64. The fraction of sp³-hybridized carbons (Fsp3) is 0.433. The van der Waals surface area contributed by atoms with Crippen LogP contribution in [0.5, 0.6) is 11.6 Å². The second-order valence-corrected chi connectivity index (χ2v) is 13.3. The third-order valence-electron chi connectivity index (χ3n) is 8.19. The average molecular weight is 649 g/mol. The third-order valence-corrected chi connectivity index (χ3v) is 9.46. The molecule has 15 heteroatoms. The minimum Gasteiger partial charge on any atom is -0.494 e. The summed E-state index contributed by atoms with van der Waals surface area (Å²) in [5, 5.41) is 5.78. The number of carbonyl (C=O) groups is 1. The van der Waals surface area contributed by atoms with Crippen LogP contribution in [0.15, 0.2) is 48.7 Å². The molecule has 5 rings (SSSR count). The molecule has 1 aliphatic heterocycles. The largest absolute Gasteiger partial charge is 0.494 e. The Labute approximate surface area is 259 Å². The van der Waals surface area contributed by atoms with Crippen LogP contribution >= 0.6 is 0 Å². The first kappa shape index (κ1) is 32.4. The maximum Gasteiger partial charge on any atom is 0.423 e. The first-order valence-corrected chi connectivity index (χ1v) is 16.2. The third kappa shape index (κ3) is 7.31. The molecule has 2 heterocycles. The minimum atomic E-state index is -4.84. The van der Waals surface area contributed by atoms with Gasteiger partial charge in [-0.3, -0.25) is 4.79 Å². The number of aromatic nitrogens is 2. The van der Waals surface area contributed by atoms with Crippen molar-refractivity contribution < 1.29 is 35.9 Å². The van der Waals surface area contributed by atoms with E-state index in [4.69, 9.17) is 9.47 Å². The van der Waals surface area contributed by atoms with Crippen molar-refractivity contribution in [1.82, 2.24) is 19.2 Å². The number of hydrogen-bond donors (Lipinski definition) is 2. The van der Waals surface area contributed by atoms with Crippen molar-refractivity contribution in [2.75, 3.05) is 51.2 Å². The predicted molar refractivity (Wildman–Crippen MR) is 162 cm³/mol. The van der Waals surface area contributed by atoms with Crippen LogP contribution in [0.4, 0.5) is 30.5 Å². The van der Waals surface area contributed by atoms with Crippen molar-refractivity contribution in [3.63, 3.8) is 0 Å². The van der Waals surface area contributed by atoms with Crippen LogP contribution in [0.1, 0.15) is 35.6 Å². The lowest BCUT2D eigenvalue weighted by Gasteiger charge is -2.29. The Morgan fingerprint density at radius 2 is 1.84 bits per heavy atom. The van der Waals surface area contributed by atoms with Crippen molar-refractivity contribution in [2.45, 2.75) is 37.6 Å². The van der Waals surface area contributed by atoms with Crippen LogP contribution in [0.3, 0.4) is 0 Å². The molecular weight excluding hydrogens is 613 g/mol. The summed E-state index contributed by atoms with van der Waals surface area (Å²) in [5.41, 5.74) is 1.04. The van der Waals surface area contributed by atoms with Crippen LogP contribution in [-0.4, -0.2) is 80.2 Å². The first-order chi connectivity index (χ1) is 21.2. The molecule has 1 aliphatic carbocycles. The van der Waals surface area contributed by atoms with Crippen LogP contribution < -0.4 is 20.1 Å². The molecule has 0 unspecified atom stereocenters. The summed E-state index contributed by atoms with van der Waals surface area (Å²) >= 11 is 0. The summed E-state index contributed by atoms with van der Waals surface area (Å²) < 4.78 is 79.6. The lowest BCUT2D eigenvalue weighted by atomic mass is 9.96. The maximum atomic E-state index is 14.1. The molecule has 2 aromatic carbocycles. The number of nitrogens with one attached hydrogen (secondary N) is 2. The van der Waals surface area contributed by atoms with Gasteiger partial charge in [0.05, 0.1) is 25.1 Å². The number of anilines is 3. The van der Waals surface area contributed by atoms with Gasteiger partial charge in [-0.05, 0) is 56.2 Å². The molecule has 0 bridgehead atoms. The maximum absolute atomic E-state index is 14.1. The normalized spacial score (nSPS) is 19.3. The first-order valence-electron chi connectivity index (χ1n) is 14.3. The number of nitrogens with zero attached hydrogens (tertiary/aromatic N) is 4. The van der Waals surface area contributed by atoms with Gasteiger partial charge in [0.1, 0.15) is 17.4 Å². The van der Waals surface area contributed by atoms with Crippen LogP contribution in [0, 0.1) is 5.92 Å². The van der Waals surface area contributed by atoms with Crippen molar-refractivity contribution >= 4 is 33.3 Å². The Bertz CT molecular complexity index is 1660. The highest BCUT2D eigenvalue weighted by Crippen LogP contribution is 2.42. The summed E-state index contributed by atoms with van der Waals surface area (Å²) in [6.45, 7) is 1.68. The SMILES string of the molecule is COc1cc(NC(=O)C2CCN(C)CC2)ccc1Nc1ncc(C(F)(F)F)c(O[C@@H]2Cc3ccccc3[C@H]2N(C)S(C)(=O)=O)n1. The highest BCUT2D eigenvalue weighted by atomic mass is 32.2. The zero-order valence-corrected chi connectivity index (χ0v) is 26.1. The zero-order chi connectivity index (χ0) is 32.5. The number of likely N-dealkylation sites (tertiary alicyclic amines) is 1. The quantitative estimate of drug-likeness (QED) is 0.346. The van der Waals surface area contributed by atoms with E-state index in [1.165, 1.54) is 14.2 Å². The fourth-order valence-corrected chi connectivity index (χ4v) is 6.30. The average Bonchev–Trinajstić information content (AvgIpc) is 3.34. The topological polar surface area (TPSA) is 126 Å². The number of halogens is 3. The van der Waals surface area contributed by atoms with Gasteiger partial charge in [0.15, 0.2) is 0 Å². The van der Waals surface area contributed by atoms with Crippen molar-refractivity contribution in [3.8, 4) is 11.6 Å². The number of carbonyl (C=O) groups excluding carboxylic acids is 1. The number of piperidine rings is 1. The molecule has 45 heavy (non-hydrogen) atoms. The molecule has 2 N–H and O–H groups in total. The number of benzene rings is 2. The van der Waals surface area contributed by atoms with E-state index in [2.05, 4.69) is 25.5 Å². The summed E-state index contributed by atoms with van der Waals surface area (Å²) in [7, 11) is 1.07. The monoisotopic (exact) mass is 648 g/mol. The molecule has 1 saturated heterocycles. The molecule has 0 spiro atoms. The van der Waals surface area contributed by atoms with Crippen LogP contribution in [0.25, 0.3) is 0 Å². The summed E-state index contributed by atoms with van der Waals surface area (Å²) in [5.74, 6) is -0.849. The van der Waals surface area contributed by atoms with Crippen LogP contribution in [0.2, 0.25) is 0 Å². The standard InChI is InChI=1S/C30H35F3N6O5S/c1-38-13-11-18(12-14-38)27(40)35-20-9-10-23(24(16-20)43-3)36-29-34-17-22(30(31,32)33)28(37-29)44-25-15-19-7-5-6-8-21(19)26(25)39(2)45(4,41)42/h5-10,16-18,25-26H,11-15H2,1-4H3,(H,35,40)(H,34,36,37)/t25-,26-/m1/s1. The van der Waals surface area contributed by atoms with Gasteiger partial charge in [-0.25, -0.2) is 13.4 Å². The minimum absolute atomic E-state index is 0.0902. The molecule has 2 aliphatic rings. The molecule has 3 aromatic rings. The highest BCUT2D eigenvalue weighted by Gasteiger charge is 2.43. The summed E-state index contributed by atoms with van der Waals surface area (Å²) in [6.07, 6.45) is -2.51. The Morgan fingerprint density at radius 1 is 1.13 bits per heavy atom. The van der Waals surface area contributed by atoms with E-state index in [9.17, 15) is 26.4 Å². The molecule has 0 saturated carbocycles. The van der Waals surface area contributed by atoms with E-state index in [0.717, 1.165) is 42.1 Å². The zero-order valence-electron chi connectivity index (χ0n) is 25.3. The van der Waals surface area contributed by atoms with Gasteiger partial charge in [0, 0.05) is 37.3 Å². The smallest absolute Gasteiger partial charge is 0.423 e. The number of amides is 1. The van der Waals surface area contributed by atoms with E-state index < -0.39 is 39.8 Å². The molecule has 242 valence electrons. The van der Waals surface area contributed by atoms with E-state index in [1.54, 1.807) is 42.5 Å². The number of ether oxygens (including phenoxy) is 2. The number of rotatable bonds is 9. The molecule has 2 atom stereocenters. The second-order valence-electron chi connectivity index (χ2n) is 11.3. The van der Waals surface area contributed by atoms with Crippen LogP contribution in [-0.2, 0) is 27.4 Å². The van der Waals surface area contributed by atoms with E-state index in [0.29, 0.717) is 28.9 Å². The predicted octanol–water partition coefficient (Wildman–Crippen LogP) is 4.46. The summed E-state index contributed by atoms with van der Waals surface area (Å²) in [6, 6.07) is 11.0. The molecular formula is C30H35F3N6O5S. The van der Waals surface area contributed by atoms with Crippen molar-refractivity contribution in [3.05, 3.63) is 65.4 Å². The van der Waals surface area contributed by atoms with Crippen molar-refractivity contribution in [2.24, 2.45) is 5.92 Å². The summed E-state index contributed by atoms with van der Waals surface area (Å²) in [4.78, 5) is 22.9. The lowest BCUT2D eigenvalue weighted by molar-refractivity contribution is -0.140. The Morgan fingerprint density at radius 3 is 2.51 bits per heavy atom. The Balaban J connectivity index is 1.40. The molecule has 1 amide bonds. The van der Waals surface area contributed by atoms with Gasteiger partial charge in [-0.2, -0.15) is 22.5 Å². The van der Waals surface area contributed by atoms with Gasteiger partial charge in [-0.1, -0.05) is 24.3 Å². The molecule has 1 aromatic heterocycles.